The van der Waals surface area contributed by atoms with E-state index in [1.807, 2.05) is 6.07 Å². The van der Waals surface area contributed by atoms with Crippen LogP contribution in [0.2, 0.25) is 0 Å². The largest absolute Gasteiger partial charge is 0.493 e. The van der Waals surface area contributed by atoms with Crippen molar-refractivity contribution in [1.29, 1.82) is 0 Å². The summed E-state index contributed by atoms with van der Waals surface area (Å²) >= 11 is 0. The van der Waals surface area contributed by atoms with Gasteiger partial charge in [0.25, 0.3) is 5.91 Å². The van der Waals surface area contributed by atoms with Gasteiger partial charge in [-0.15, -0.1) is 0 Å². The van der Waals surface area contributed by atoms with Gasteiger partial charge in [0.2, 0.25) is 0 Å². The molecule has 1 atom stereocenters. The molecule has 0 bridgehead atoms. The standard InChI is InChI=1S/C21H25NO5/c1-14(2)12-26-18-8-5-9-19(11-18)27-13-20(23)22-17-7-4-6-16(10-17)15(3)21(24)25/h4-11,14-15H,12-13H2,1-3H3,(H,22,23)(H,24,25). The third kappa shape index (κ3) is 6.66. The van der Waals surface area contributed by atoms with Crippen molar-refractivity contribution < 1.29 is 24.2 Å². The van der Waals surface area contributed by atoms with Crippen LogP contribution in [0.25, 0.3) is 0 Å². The molecule has 0 aromatic heterocycles. The van der Waals surface area contributed by atoms with Crippen LogP contribution >= 0.6 is 0 Å². The molecule has 1 unspecified atom stereocenters. The smallest absolute Gasteiger partial charge is 0.310 e. The van der Waals surface area contributed by atoms with Gasteiger partial charge in [0.15, 0.2) is 6.61 Å². The van der Waals surface area contributed by atoms with E-state index in [1.54, 1.807) is 49.4 Å². The van der Waals surface area contributed by atoms with E-state index in [-0.39, 0.29) is 12.5 Å². The number of ether oxygens (including phenoxy) is 2. The predicted octanol–water partition coefficient (Wildman–Crippen LogP) is 3.93. The topological polar surface area (TPSA) is 84.9 Å². The molecule has 0 spiro atoms. The number of anilines is 1. The Hall–Kier alpha value is -3.02. The zero-order chi connectivity index (χ0) is 19.8. The van der Waals surface area contributed by atoms with Gasteiger partial charge in [0.1, 0.15) is 11.5 Å². The molecule has 6 heteroatoms. The van der Waals surface area contributed by atoms with E-state index < -0.39 is 11.9 Å². The zero-order valence-electron chi connectivity index (χ0n) is 15.8. The van der Waals surface area contributed by atoms with Crippen molar-refractivity contribution in [3.05, 3.63) is 54.1 Å². The number of hydrogen-bond donors (Lipinski definition) is 2. The second-order valence-corrected chi connectivity index (χ2v) is 6.70. The second kappa shape index (κ2) is 9.62. The number of hydrogen-bond acceptors (Lipinski definition) is 4. The van der Waals surface area contributed by atoms with Gasteiger partial charge in [0, 0.05) is 11.8 Å². The van der Waals surface area contributed by atoms with Gasteiger partial charge in [-0.2, -0.15) is 0 Å². The quantitative estimate of drug-likeness (QED) is 0.698. The Bertz CT molecular complexity index is 788. The van der Waals surface area contributed by atoms with Gasteiger partial charge in [0.05, 0.1) is 12.5 Å². The first kappa shape index (κ1) is 20.3. The predicted molar refractivity (Wildman–Crippen MR) is 103 cm³/mol. The molecule has 0 saturated heterocycles. The summed E-state index contributed by atoms with van der Waals surface area (Å²) in [6.45, 7) is 6.18. The van der Waals surface area contributed by atoms with Crippen molar-refractivity contribution in [2.45, 2.75) is 26.7 Å². The first-order chi connectivity index (χ1) is 12.8. The maximum atomic E-state index is 12.1. The molecule has 2 rings (SSSR count). The molecule has 27 heavy (non-hydrogen) atoms. The number of carbonyl (C=O) groups is 2. The fourth-order valence-electron chi connectivity index (χ4n) is 2.29. The van der Waals surface area contributed by atoms with E-state index in [2.05, 4.69) is 19.2 Å². The van der Waals surface area contributed by atoms with Gasteiger partial charge in [-0.05, 0) is 42.7 Å². The van der Waals surface area contributed by atoms with E-state index in [1.165, 1.54) is 0 Å². The Morgan fingerprint density at radius 1 is 1.00 bits per heavy atom. The monoisotopic (exact) mass is 371 g/mol. The number of carboxylic acids is 1. The third-order valence-electron chi connectivity index (χ3n) is 3.80. The van der Waals surface area contributed by atoms with Crippen molar-refractivity contribution in [1.82, 2.24) is 0 Å². The Kier molecular flexibility index (Phi) is 7.23. The molecular formula is C21H25NO5. The SMILES string of the molecule is CC(C)COc1cccc(OCC(=O)Nc2cccc(C(C)C(=O)O)c2)c1. The number of aliphatic carboxylic acids is 1. The summed E-state index contributed by atoms with van der Waals surface area (Å²) < 4.78 is 11.2. The van der Waals surface area contributed by atoms with E-state index in [0.717, 1.165) is 0 Å². The first-order valence-electron chi connectivity index (χ1n) is 8.83. The number of carboxylic acid groups (broad SMARTS) is 1. The first-order valence-corrected chi connectivity index (χ1v) is 8.83. The number of carbonyl (C=O) groups excluding carboxylic acids is 1. The highest BCUT2D eigenvalue weighted by molar-refractivity contribution is 5.92. The minimum Gasteiger partial charge on any atom is -0.493 e. The molecule has 2 N–H and O–H groups in total. The number of rotatable bonds is 9. The Balaban J connectivity index is 1.90. The van der Waals surface area contributed by atoms with Crippen LogP contribution in [-0.2, 0) is 9.59 Å². The van der Waals surface area contributed by atoms with Gasteiger partial charge >= 0.3 is 5.97 Å². The highest BCUT2D eigenvalue weighted by Gasteiger charge is 2.14. The van der Waals surface area contributed by atoms with Crippen molar-refractivity contribution in [2.24, 2.45) is 5.92 Å². The van der Waals surface area contributed by atoms with Crippen molar-refractivity contribution in [3.8, 4) is 11.5 Å². The molecule has 0 fully saturated rings. The summed E-state index contributed by atoms with van der Waals surface area (Å²) in [6, 6.07) is 13.9. The van der Waals surface area contributed by atoms with Gasteiger partial charge < -0.3 is 19.9 Å². The zero-order valence-corrected chi connectivity index (χ0v) is 15.8. The number of nitrogens with one attached hydrogen (secondary N) is 1. The molecule has 2 aromatic rings. The Morgan fingerprint density at radius 2 is 1.67 bits per heavy atom. The third-order valence-corrected chi connectivity index (χ3v) is 3.80. The maximum Gasteiger partial charge on any atom is 0.310 e. The molecule has 0 aliphatic heterocycles. The van der Waals surface area contributed by atoms with Crippen LogP contribution in [-0.4, -0.2) is 30.2 Å². The van der Waals surface area contributed by atoms with Crippen molar-refractivity contribution >= 4 is 17.6 Å². The molecule has 0 saturated carbocycles. The lowest BCUT2D eigenvalue weighted by Gasteiger charge is -2.12. The molecule has 1 amide bonds. The molecule has 0 aliphatic carbocycles. The maximum absolute atomic E-state index is 12.1. The molecule has 0 radical (unpaired) electrons. The molecule has 2 aromatic carbocycles. The minimum absolute atomic E-state index is 0.160. The van der Waals surface area contributed by atoms with E-state index in [4.69, 9.17) is 14.6 Å². The normalized spacial score (nSPS) is 11.7. The van der Waals surface area contributed by atoms with Crippen molar-refractivity contribution in [2.75, 3.05) is 18.5 Å². The van der Waals surface area contributed by atoms with Gasteiger partial charge in [-0.1, -0.05) is 32.0 Å². The van der Waals surface area contributed by atoms with Crippen LogP contribution < -0.4 is 14.8 Å². The number of amides is 1. The van der Waals surface area contributed by atoms with Gasteiger partial charge in [-0.3, -0.25) is 9.59 Å². The fraction of sp³-hybridized carbons (Fsp3) is 0.333. The van der Waals surface area contributed by atoms with Crippen LogP contribution in [0.3, 0.4) is 0 Å². The Morgan fingerprint density at radius 3 is 2.33 bits per heavy atom. The lowest BCUT2D eigenvalue weighted by Crippen LogP contribution is -2.20. The average Bonchev–Trinajstić information content (AvgIpc) is 2.64. The summed E-state index contributed by atoms with van der Waals surface area (Å²) in [5.74, 6) is -0.242. The van der Waals surface area contributed by atoms with E-state index in [9.17, 15) is 9.59 Å². The van der Waals surface area contributed by atoms with Gasteiger partial charge in [-0.25, -0.2) is 0 Å². The van der Waals surface area contributed by atoms with Crippen LogP contribution in [0.4, 0.5) is 5.69 Å². The van der Waals surface area contributed by atoms with Crippen LogP contribution in [0.5, 0.6) is 11.5 Å². The molecule has 6 nitrogen and oxygen atoms in total. The van der Waals surface area contributed by atoms with Crippen LogP contribution in [0.1, 0.15) is 32.3 Å². The van der Waals surface area contributed by atoms with E-state index in [0.29, 0.717) is 35.3 Å². The summed E-state index contributed by atoms with van der Waals surface area (Å²) in [5.41, 5.74) is 1.15. The molecule has 0 heterocycles. The summed E-state index contributed by atoms with van der Waals surface area (Å²) in [4.78, 5) is 23.2. The van der Waals surface area contributed by atoms with E-state index >= 15 is 0 Å². The molecule has 0 aliphatic rings. The molecular weight excluding hydrogens is 346 g/mol. The average molecular weight is 371 g/mol. The molecule has 144 valence electrons. The summed E-state index contributed by atoms with van der Waals surface area (Å²) in [7, 11) is 0. The number of benzene rings is 2. The lowest BCUT2D eigenvalue weighted by molar-refractivity contribution is -0.138. The highest BCUT2D eigenvalue weighted by Crippen LogP contribution is 2.21. The van der Waals surface area contributed by atoms with Crippen LogP contribution in [0.15, 0.2) is 48.5 Å². The summed E-state index contributed by atoms with van der Waals surface area (Å²) in [5, 5.41) is 11.8. The summed E-state index contributed by atoms with van der Waals surface area (Å²) in [6.07, 6.45) is 0. The minimum atomic E-state index is -0.915. The lowest BCUT2D eigenvalue weighted by atomic mass is 10.0. The second-order valence-electron chi connectivity index (χ2n) is 6.70. The van der Waals surface area contributed by atoms with Crippen LogP contribution in [0, 0.1) is 5.92 Å². The Labute approximate surface area is 159 Å². The van der Waals surface area contributed by atoms with Crippen molar-refractivity contribution in [3.63, 3.8) is 0 Å². The highest BCUT2D eigenvalue weighted by atomic mass is 16.5. The fourth-order valence-corrected chi connectivity index (χ4v) is 2.29.